The van der Waals surface area contributed by atoms with Crippen LogP contribution in [0.25, 0.3) is 0 Å². The van der Waals surface area contributed by atoms with Crippen molar-refractivity contribution in [2.75, 3.05) is 13.3 Å². The molecule has 0 rings (SSSR count). The smallest absolute Gasteiger partial charge is 0.113 e. The first-order valence-corrected chi connectivity index (χ1v) is 10.3. The Balaban J connectivity index is 3.67. The molecular formula is C21H41B2NO2. The van der Waals surface area contributed by atoms with Gasteiger partial charge in [0.1, 0.15) is 7.85 Å². The summed E-state index contributed by atoms with van der Waals surface area (Å²) in [5.41, 5.74) is -1.34. The molecule has 0 aromatic heterocycles. The van der Waals surface area contributed by atoms with E-state index in [1.165, 1.54) is 44.9 Å². The minimum atomic E-state index is -1.33. The maximum atomic E-state index is 10.4. The van der Waals surface area contributed by atoms with Crippen LogP contribution in [0.15, 0.2) is 12.2 Å². The van der Waals surface area contributed by atoms with E-state index in [1.807, 2.05) is 0 Å². The van der Waals surface area contributed by atoms with Gasteiger partial charge in [-0.3, -0.25) is 5.32 Å². The average molecular weight is 361 g/mol. The topological polar surface area (TPSA) is 52.5 Å². The fourth-order valence-corrected chi connectivity index (χ4v) is 3.14. The fourth-order valence-electron chi connectivity index (χ4n) is 3.14. The summed E-state index contributed by atoms with van der Waals surface area (Å²) in [6, 6.07) is 0. The lowest BCUT2D eigenvalue weighted by molar-refractivity contribution is 0.0377. The molecule has 0 bridgehead atoms. The molecular weight excluding hydrogens is 320 g/mol. The van der Waals surface area contributed by atoms with E-state index in [0.29, 0.717) is 6.42 Å². The van der Waals surface area contributed by atoms with E-state index in [2.05, 4.69) is 31.3 Å². The molecule has 148 valence electrons. The number of aliphatic hydroxyl groups excluding tert-OH is 1. The first-order chi connectivity index (χ1) is 12.0. The highest BCUT2D eigenvalue weighted by Crippen LogP contribution is 2.42. The van der Waals surface area contributed by atoms with Gasteiger partial charge in [-0.1, -0.05) is 83.7 Å². The molecule has 4 radical (unpaired) electrons. The summed E-state index contributed by atoms with van der Waals surface area (Å²) >= 11 is 0. The molecule has 0 fully saturated rings. The first kappa shape index (κ1) is 25.7. The van der Waals surface area contributed by atoms with Crippen LogP contribution in [0.2, 0.25) is 5.31 Å². The summed E-state index contributed by atoms with van der Waals surface area (Å²) in [5, 5.41) is 21.1. The van der Waals surface area contributed by atoms with Crippen LogP contribution in [0.3, 0.4) is 0 Å². The number of hydrogen-bond acceptors (Lipinski definition) is 3. The van der Waals surface area contributed by atoms with Gasteiger partial charge in [-0.15, -0.1) is 0 Å². The van der Waals surface area contributed by atoms with Gasteiger partial charge in [0.05, 0.1) is 14.6 Å². The summed E-state index contributed by atoms with van der Waals surface area (Å²) in [5.74, 6) is 0. The Morgan fingerprint density at radius 3 is 1.92 bits per heavy atom. The summed E-state index contributed by atoms with van der Waals surface area (Å²) in [6.07, 6.45) is 15.8. The highest BCUT2D eigenvalue weighted by atomic mass is 16.3. The lowest BCUT2D eigenvalue weighted by atomic mass is 9.49. The van der Waals surface area contributed by atoms with E-state index in [0.717, 1.165) is 19.4 Å². The van der Waals surface area contributed by atoms with Gasteiger partial charge in [0.15, 0.2) is 0 Å². The van der Waals surface area contributed by atoms with E-state index >= 15 is 0 Å². The van der Waals surface area contributed by atoms with E-state index < -0.39 is 10.8 Å². The second-order valence-electron chi connectivity index (χ2n) is 9.08. The number of nitrogens with one attached hydrogen (secondary N) is 1. The molecule has 0 aromatic carbocycles. The molecule has 0 aliphatic carbocycles. The molecule has 0 aliphatic rings. The van der Waals surface area contributed by atoms with Crippen molar-refractivity contribution in [1.29, 1.82) is 0 Å². The molecule has 1 atom stereocenters. The Hall–Kier alpha value is -0.250. The SMILES string of the molecule is [B]C(C)(C)C([B])(O)CC(C)(C)CCCCCCCCC/C=C/CNCO. The van der Waals surface area contributed by atoms with Crippen molar-refractivity contribution in [2.45, 2.75) is 103 Å². The average Bonchev–Trinajstić information content (AvgIpc) is 2.49. The van der Waals surface area contributed by atoms with E-state index in [4.69, 9.17) is 20.8 Å². The van der Waals surface area contributed by atoms with Crippen LogP contribution in [-0.4, -0.2) is 44.7 Å². The summed E-state index contributed by atoms with van der Waals surface area (Å²) in [4.78, 5) is 0. The van der Waals surface area contributed by atoms with E-state index in [-0.39, 0.29) is 12.1 Å². The molecule has 0 saturated carbocycles. The van der Waals surface area contributed by atoms with Crippen molar-refractivity contribution in [3.63, 3.8) is 0 Å². The standard InChI is InChI=1S/C21H41B2NO2/c1-19(2,17-21(23,26)20(3,4)22)15-13-11-9-7-5-6-8-10-12-14-16-24-18-25/h12,14,24-26H,5-11,13,15-18H2,1-4H3/b14-12+. The third-order valence-corrected chi connectivity index (χ3v) is 5.13. The molecule has 0 spiro atoms. The molecule has 3 nitrogen and oxygen atoms in total. The summed E-state index contributed by atoms with van der Waals surface area (Å²) in [7, 11) is 12.0. The predicted molar refractivity (Wildman–Crippen MR) is 115 cm³/mol. The maximum absolute atomic E-state index is 10.4. The Morgan fingerprint density at radius 2 is 1.38 bits per heavy atom. The highest BCUT2D eigenvalue weighted by molar-refractivity contribution is 6.25. The molecule has 3 N–H and O–H groups in total. The number of rotatable bonds is 16. The third kappa shape index (κ3) is 13.0. The molecule has 26 heavy (non-hydrogen) atoms. The first-order valence-electron chi connectivity index (χ1n) is 10.3. The zero-order chi connectivity index (χ0) is 20.1. The van der Waals surface area contributed by atoms with Crippen LogP contribution in [0.1, 0.15) is 91.9 Å². The molecule has 5 heteroatoms. The van der Waals surface area contributed by atoms with Crippen LogP contribution in [0.4, 0.5) is 0 Å². The van der Waals surface area contributed by atoms with Gasteiger partial charge in [0.2, 0.25) is 0 Å². The Kier molecular flexibility index (Phi) is 12.9. The lowest BCUT2D eigenvalue weighted by Crippen LogP contribution is -2.44. The van der Waals surface area contributed by atoms with Gasteiger partial charge < -0.3 is 10.2 Å². The van der Waals surface area contributed by atoms with Gasteiger partial charge >= 0.3 is 0 Å². The number of hydrogen-bond donors (Lipinski definition) is 3. The van der Waals surface area contributed by atoms with Crippen molar-refractivity contribution < 1.29 is 10.2 Å². The predicted octanol–water partition coefficient (Wildman–Crippen LogP) is 4.23. The summed E-state index contributed by atoms with van der Waals surface area (Å²) < 4.78 is 0. The third-order valence-electron chi connectivity index (χ3n) is 5.13. The van der Waals surface area contributed by atoms with Crippen molar-refractivity contribution in [1.82, 2.24) is 5.32 Å². The Labute approximate surface area is 165 Å². The molecule has 0 aliphatic heterocycles. The molecule has 0 saturated heterocycles. The largest absolute Gasteiger partial charge is 0.400 e. The van der Waals surface area contributed by atoms with Crippen LogP contribution in [-0.2, 0) is 0 Å². The molecule has 0 aromatic rings. The molecule has 1 unspecified atom stereocenters. The van der Waals surface area contributed by atoms with Gasteiger partial charge in [-0.2, -0.15) is 0 Å². The number of aliphatic hydroxyl groups is 2. The monoisotopic (exact) mass is 361 g/mol. The quantitative estimate of drug-likeness (QED) is 0.167. The second-order valence-corrected chi connectivity index (χ2v) is 9.08. The maximum Gasteiger partial charge on any atom is 0.113 e. The fraction of sp³-hybridized carbons (Fsp3) is 0.905. The Morgan fingerprint density at radius 1 is 0.846 bits per heavy atom. The second kappa shape index (κ2) is 13.0. The zero-order valence-corrected chi connectivity index (χ0v) is 17.7. The minimum Gasteiger partial charge on any atom is -0.400 e. The van der Waals surface area contributed by atoms with Gasteiger partial charge in [-0.05, 0) is 31.1 Å². The van der Waals surface area contributed by atoms with Crippen LogP contribution >= 0.6 is 0 Å². The minimum absolute atomic E-state index is 0.00262. The van der Waals surface area contributed by atoms with Crippen molar-refractivity contribution >= 4 is 15.7 Å². The lowest BCUT2D eigenvalue weighted by Gasteiger charge is -2.44. The van der Waals surface area contributed by atoms with Crippen LogP contribution in [0, 0.1) is 5.41 Å². The molecule has 0 heterocycles. The Bertz CT molecular complexity index is 377. The van der Waals surface area contributed by atoms with Crippen molar-refractivity contribution in [3.8, 4) is 0 Å². The van der Waals surface area contributed by atoms with E-state index in [9.17, 15) is 5.11 Å². The van der Waals surface area contributed by atoms with Crippen LogP contribution in [0.5, 0.6) is 0 Å². The van der Waals surface area contributed by atoms with Crippen molar-refractivity contribution in [2.24, 2.45) is 5.41 Å². The number of unbranched alkanes of at least 4 members (excludes halogenated alkanes) is 7. The molecule has 0 amide bonds. The van der Waals surface area contributed by atoms with Crippen molar-refractivity contribution in [3.05, 3.63) is 12.2 Å². The van der Waals surface area contributed by atoms with Crippen LogP contribution < -0.4 is 5.32 Å². The normalized spacial score (nSPS) is 15.5. The van der Waals surface area contributed by atoms with Gasteiger partial charge in [0.25, 0.3) is 0 Å². The van der Waals surface area contributed by atoms with Gasteiger partial charge in [0, 0.05) is 12.0 Å². The zero-order valence-electron chi connectivity index (χ0n) is 17.7. The van der Waals surface area contributed by atoms with Gasteiger partial charge in [-0.25, -0.2) is 0 Å². The number of allylic oxidation sites excluding steroid dienone is 1. The highest BCUT2D eigenvalue weighted by Gasteiger charge is 2.38. The van der Waals surface area contributed by atoms with E-state index in [1.54, 1.807) is 13.8 Å². The summed E-state index contributed by atoms with van der Waals surface area (Å²) in [6.45, 7) is 8.69.